The average Bonchev–Trinajstić information content (AvgIpc) is 3.67. The molecule has 0 spiro atoms. The van der Waals surface area contributed by atoms with Gasteiger partial charge in [0.15, 0.2) is 17.4 Å². The van der Waals surface area contributed by atoms with E-state index in [1.54, 1.807) is 24.3 Å². The van der Waals surface area contributed by atoms with E-state index in [1.165, 1.54) is 31.5 Å². The van der Waals surface area contributed by atoms with Crippen molar-refractivity contribution in [1.82, 2.24) is 29.6 Å². The molecule has 10 nitrogen and oxygen atoms in total. The molecule has 0 atom stereocenters. The first-order valence-corrected chi connectivity index (χ1v) is 13.7. The van der Waals surface area contributed by atoms with Crippen molar-refractivity contribution in [3.05, 3.63) is 66.2 Å². The van der Waals surface area contributed by atoms with Crippen molar-refractivity contribution < 1.29 is 9.53 Å². The van der Waals surface area contributed by atoms with Crippen LogP contribution in [-0.2, 0) is 13.5 Å². The third kappa shape index (κ3) is 5.96. The van der Waals surface area contributed by atoms with E-state index < -0.39 is 0 Å². The first kappa shape index (κ1) is 27.3. The van der Waals surface area contributed by atoms with E-state index in [4.69, 9.17) is 9.72 Å². The minimum Gasteiger partial charge on any atom is -0.494 e. The van der Waals surface area contributed by atoms with Crippen molar-refractivity contribution >= 4 is 28.8 Å². The Balaban J connectivity index is 1.41. The fraction of sp³-hybridized carbons (Fsp3) is 0.367. The van der Waals surface area contributed by atoms with E-state index in [9.17, 15) is 4.79 Å². The number of hydrogen-bond donors (Lipinski definition) is 1. The van der Waals surface area contributed by atoms with Crippen LogP contribution in [0.4, 0.5) is 23.0 Å². The van der Waals surface area contributed by atoms with E-state index in [-0.39, 0.29) is 5.78 Å². The lowest BCUT2D eigenvalue weighted by Gasteiger charge is -2.21. The maximum atomic E-state index is 12.9. The van der Waals surface area contributed by atoms with Gasteiger partial charge in [0.25, 0.3) is 0 Å². The number of rotatable bonds is 11. The largest absolute Gasteiger partial charge is 0.494 e. The molecule has 1 aliphatic heterocycles. The Morgan fingerprint density at radius 1 is 1.05 bits per heavy atom. The molecule has 0 bridgehead atoms. The number of pyridine rings is 2. The number of ether oxygens (including phenoxy) is 1. The Morgan fingerprint density at radius 2 is 1.85 bits per heavy atom. The number of aryl methyl sites for hydroxylation is 1. The number of carbonyl (C=O) groups excluding carboxylic acids is 1. The molecule has 5 rings (SSSR count). The molecule has 1 aliphatic rings. The summed E-state index contributed by atoms with van der Waals surface area (Å²) in [5.41, 5.74) is 3.80. The average molecular weight is 541 g/mol. The summed E-state index contributed by atoms with van der Waals surface area (Å²) < 4.78 is 7.42. The van der Waals surface area contributed by atoms with Crippen LogP contribution < -0.4 is 15.0 Å². The van der Waals surface area contributed by atoms with Crippen LogP contribution in [0.2, 0.25) is 0 Å². The minimum absolute atomic E-state index is 0.00815. The molecule has 0 radical (unpaired) electrons. The number of carbonyl (C=O) groups is 1. The third-order valence-electron chi connectivity index (χ3n) is 7.25. The predicted octanol–water partition coefficient (Wildman–Crippen LogP) is 5.02. The number of likely N-dealkylation sites (tertiary alicyclic amines) is 1. The Kier molecular flexibility index (Phi) is 8.35. The standard InChI is InChI=1S/C30H36N8O2/c1-5-26(39)23-19-32-28(37(3)27-12-11-21(18-31-27)13-16-38-14-6-7-15-38)17-25(23)34-24-10-8-9-22(29(24)40-4)30-33-20-36(2)35-30/h8-12,17-20H,5-7,13-16H2,1-4H3,(H,32,34). The summed E-state index contributed by atoms with van der Waals surface area (Å²) >= 11 is 0. The quantitative estimate of drug-likeness (QED) is 0.263. The van der Waals surface area contributed by atoms with Crippen molar-refractivity contribution in [1.29, 1.82) is 0 Å². The number of nitrogens with zero attached hydrogens (tertiary/aromatic N) is 7. The highest BCUT2D eigenvalue weighted by Crippen LogP contribution is 2.38. The number of hydrogen-bond acceptors (Lipinski definition) is 9. The number of anilines is 4. The molecule has 1 fully saturated rings. The van der Waals surface area contributed by atoms with Crippen LogP contribution in [0.25, 0.3) is 11.4 Å². The monoisotopic (exact) mass is 540 g/mol. The fourth-order valence-corrected chi connectivity index (χ4v) is 4.96. The number of aromatic nitrogens is 5. The molecule has 208 valence electrons. The molecule has 4 aromatic rings. The number of benzene rings is 1. The molecule has 10 heteroatoms. The lowest BCUT2D eigenvalue weighted by molar-refractivity contribution is 0.0988. The van der Waals surface area contributed by atoms with Crippen LogP contribution in [0.15, 0.2) is 55.1 Å². The van der Waals surface area contributed by atoms with Crippen molar-refractivity contribution in [3.63, 3.8) is 0 Å². The highest BCUT2D eigenvalue weighted by molar-refractivity contribution is 6.02. The summed E-state index contributed by atoms with van der Waals surface area (Å²) in [6.45, 7) is 5.31. The zero-order valence-corrected chi connectivity index (χ0v) is 23.6. The predicted molar refractivity (Wildman–Crippen MR) is 157 cm³/mol. The maximum Gasteiger partial charge on any atom is 0.184 e. The second kappa shape index (κ2) is 12.3. The molecule has 0 aliphatic carbocycles. The fourth-order valence-electron chi connectivity index (χ4n) is 4.96. The zero-order chi connectivity index (χ0) is 28.1. The highest BCUT2D eigenvalue weighted by Gasteiger charge is 2.19. The van der Waals surface area contributed by atoms with Crippen molar-refractivity contribution in [2.45, 2.75) is 32.6 Å². The first-order valence-electron chi connectivity index (χ1n) is 13.7. The van der Waals surface area contributed by atoms with E-state index in [0.29, 0.717) is 40.8 Å². The molecule has 0 unspecified atom stereocenters. The minimum atomic E-state index is -0.00815. The van der Waals surface area contributed by atoms with Crippen LogP contribution in [0.1, 0.15) is 42.1 Å². The summed E-state index contributed by atoms with van der Waals surface area (Å²) in [5, 5.41) is 7.85. The van der Waals surface area contributed by atoms with Gasteiger partial charge in [0, 0.05) is 45.5 Å². The number of ketones is 1. The third-order valence-corrected chi connectivity index (χ3v) is 7.25. The van der Waals surface area contributed by atoms with Gasteiger partial charge in [0.1, 0.15) is 18.0 Å². The van der Waals surface area contributed by atoms with E-state index in [2.05, 4.69) is 31.3 Å². The van der Waals surface area contributed by atoms with Crippen LogP contribution in [0, 0.1) is 0 Å². The smallest absolute Gasteiger partial charge is 0.184 e. The van der Waals surface area contributed by atoms with Crippen molar-refractivity contribution in [2.24, 2.45) is 7.05 Å². The van der Waals surface area contributed by atoms with Gasteiger partial charge < -0.3 is 19.9 Å². The maximum absolute atomic E-state index is 12.9. The molecular weight excluding hydrogens is 504 g/mol. The molecule has 40 heavy (non-hydrogen) atoms. The van der Waals surface area contributed by atoms with Gasteiger partial charge in [-0.05, 0) is 56.1 Å². The highest BCUT2D eigenvalue weighted by atomic mass is 16.5. The second-order valence-corrected chi connectivity index (χ2v) is 10.0. The molecule has 0 amide bonds. The topological polar surface area (TPSA) is 101 Å². The summed E-state index contributed by atoms with van der Waals surface area (Å²) in [4.78, 5) is 31.0. The van der Waals surface area contributed by atoms with Crippen molar-refractivity contribution in [3.8, 4) is 17.1 Å². The van der Waals surface area contributed by atoms with E-state index >= 15 is 0 Å². The number of nitrogens with one attached hydrogen (secondary N) is 1. The van der Waals surface area contributed by atoms with Gasteiger partial charge >= 0.3 is 0 Å². The van der Waals surface area contributed by atoms with E-state index in [1.807, 2.05) is 62.4 Å². The Hall–Kier alpha value is -4.31. The van der Waals surface area contributed by atoms with Gasteiger partial charge in [-0.1, -0.05) is 19.1 Å². The summed E-state index contributed by atoms with van der Waals surface area (Å²) in [7, 11) is 5.35. The number of para-hydroxylation sites is 1. The van der Waals surface area contributed by atoms with Crippen LogP contribution in [0.3, 0.4) is 0 Å². The van der Waals surface area contributed by atoms with Crippen molar-refractivity contribution in [2.75, 3.05) is 44.0 Å². The molecular formula is C30H36N8O2. The molecule has 0 saturated carbocycles. The lowest BCUT2D eigenvalue weighted by atomic mass is 10.1. The van der Waals surface area contributed by atoms with Gasteiger partial charge in [0.05, 0.1) is 29.6 Å². The van der Waals surface area contributed by atoms with Gasteiger partial charge in [-0.15, -0.1) is 0 Å². The Morgan fingerprint density at radius 3 is 2.52 bits per heavy atom. The number of Topliss-reactive ketones (excluding diaryl/α,β-unsaturated/α-hetero) is 1. The molecule has 1 saturated heterocycles. The van der Waals surface area contributed by atoms with Gasteiger partial charge in [0.2, 0.25) is 0 Å². The molecule has 1 N–H and O–H groups in total. The molecule has 4 heterocycles. The SMILES string of the molecule is CCC(=O)c1cnc(N(C)c2ccc(CCN3CCCC3)cn2)cc1Nc1cccc(-c2ncn(C)n2)c1OC. The Labute approximate surface area is 235 Å². The summed E-state index contributed by atoms with van der Waals surface area (Å²) in [6.07, 6.45) is 9.17. The second-order valence-electron chi connectivity index (χ2n) is 10.0. The van der Waals surface area contributed by atoms with Crippen LogP contribution in [0.5, 0.6) is 5.75 Å². The zero-order valence-electron chi connectivity index (χ0n) is 23.6. The normalized spacial score (nSPS) is 13.4. The van der Waals surface area contributed by atoms with Crippen LogP contribution in [-0.4, -0.2) is 69.2 Å². The molecule has 3 aromatic heterocycles. The van der Waals surface area contributed by atoms with E-state index in [0.717, 1.165) is 24.3 Å². The van der Waals surface area contributed by atoms with Gasteiger partial charge in [-0.25, -0.2) is 15.0 Å². The Bertz CT molecular complexity index is 1460. The summed E-state index contributed by atoms with van der Waals surface area (Å²) in [6, 6.07) is 11.7. The number of methoxy groups -OCH3 is 1. The lowest BCUT2D eigenvalue weighted by Crippen LogP contribution is -2.22. The molecule has 1 aromatic carbocycles. The van der Waals surface area contributed by atoms with Gasteiger partial charge in [-0.3, -0.25) is 9.48 Å². The van der Waals surface area contributed by atoms with Gasteiger partial charge in [-0.2, -0.15) is 5.10 Å². The summed E-state index contributed by atoms with van der Waals surface area (Å²) in [5.74, 6) is 2.57. The first-order chi connectivity index (χ1) is 19.5. The van der Waals surface area contributed by atoms with Crippen LogP contribution >= 0.6 is 0 Å².